The van der Waals surface area contributed by atoms with E-state index in [-0.39, 0.29) is 17.0 Å². The maximum atomic E-state index is 13.2. The van der Waals surface area contributed by atoms with Crippen molar-refractivity contribution in [3.63, 3.8) is 0 Å². The molecular formula is C24H33N5O2S2. The van der Waals surface area contributed by atoms with E-state index in [0.717, 1.165) is 50.4 Å². The number of aromatic nitrogens is 1. The Hall–Kier alpha value is -2.15. The molecule has 0 aliphatic carbocycles. The lowest BCUT2D eigenvalue weighted by molar-refractivity contribution is -0.122. The second-order valence-electron chi connectivity index (χ2n) is 8.75. The number of rotatable bonds is 8. The Kier molecular flexibility index (Phi) is 8.74. The van der Waals surface area contributed by atoms with Crippen LogP contribution in [-0.4, -0.2) is 64.4 Å². The second kappa shape index (κ2) is 11.3. The van der Waals surface area contributed by atoms with Gasteiger partial charge < -0.3 is 9.80 Å². The van der Waals surface area contributed by atoms with Crippen LogP contribution in [-0.2, 0) is 11.8 Å². The summed E-state index contributed by atoms with van der Waals surface area (Å²) in [5.41, 5.74) is 1.18. The molecule has 7 nitrogen and oxygen atoms in total. The van der Waals surface area contributed by atoms with Gasteiger partial charge in [0, 0.05) is 45.3 Å². The zero-order chi connectivity index (χ0) is 24.1. The second-order valence-corrected chi connectivity index (χ2v) is 10.4. The van der Waals surface area contributed by atoms with Crippen molar-refractivity contribution in [1.82, 2.24) is 14.4 Å². The van der Waals surface area contributed by atoms with Crippen LogP contribution in [0.5, 0.6) is 0 Å². The number of carbonyl (C=O) groups is 1. The van der Waals surface area contributed by atoms with E-state index in [9.17, 15) is 14.9 Å². The van der Waals surface area contributed by atoms with Gasteiger partial charge in [-0.25, -0.2) is 0 Å². The maximum Gasteiger partial charge on any atom is 0.270 e. The molecule has 0 unspecified atom stereocenters. The van der Waals surface area contributed by atoms with Gasteiger partial charge in [-0.3, -0.25) is 19.1 Å². The number of amides is 1. The van der Waals surface area contributed by atoms with Crippen LogP contribution in [0.15, 0.2) is 9.70 Å². The monoisotopic (exact) mass is 487 g/mol. The fourth-order valence-corrected chi connectivity index (χ4v) is 5.60. The highest BCUT2D eigenvalue weighted by Crippen LogP contribution is 2.36. The summed E-state index contributed by atoms with van der Waals surface area (Å²) >= 11 is 6.82. The lowest BCUT2D eigenvalue weighted by Gasteiger charge is -2.36. The van der Waals surface area contributed by atoms with Crippen LogP contribution in [0.2, 0.25) is 0 Å². The molecule has 1 amide bonds. The molecule has 0 N–H and O–H groups in total. The van der Waals surface area contributed by atoms with Crippen LogP contribution in [0.3, 0.4) is 0 Å². The van der Waals surface area contributed by atoms with E-state index in [0.29, 0.717) is 21.3 Å². The minimum Gasteiger partial charge on any atom is -0.355 e. The zero-order valence-corrected chi connectivity index (χ0v) is 21.7. The molecule has 0 radical (unpaired) electrons. The van der Waals surface area contributed by atoms with Crippen LogP contribution < -0.4 is 10.5 Å². The molecule has 1 aromatic heterocycles. The SMILES string of the molecule is CCCCCCCN1C(=O)C(=Cc2c(C)c(C#N)c(=O)n(C)c2N2CCN(C)CC2)SC1=S. The summed E-state index contributed by atoms with van der Waals surface area (Å²) in [5, 5.41) is 9.63. The minimum atomic E-state index is -0.305. The predicted molar refractivity (Wildman–Crippen MR) is 139 cm³/mol. The molecule has 9 heteroatoms. The Morgan fingerprint density at radius 3 is 2.39 bits per heavy atom. The van der Waals surface area contributed by atoms with E-state index < -0.39 is 0 Å². The van der Waals surface area contributed by atoms with Gasteiger partial charge in [0.25, 0.3) is 11.5 Å². The summed E-state index contributed by atoms with van der Waals surface area (Å²) in [6, 6.07) is 2.06. The molecule has 33 heavy (non-hydrogen) atoms. The summed E-state index contributed by atoms with van der Waals surface area (Å²) in [5.74, 6) is 0.672. The number of unbranched alkanes of at least 4 members (excludes halogenated alkanes) is 4. The summed E-state index contributed by atoms with van der Waals surface area (Å²) < 4.78 is 2.13. The number of pyridine rings is 1. The molecule has 0 atom stereocenters. The Balaban J connectivity index is 1.96. The van der Waals surface area contributed by atoms with Crippen molar-refractivity contribution in [2.75, 3.05) is 44.7 Å². The van der Waals surface area contributed by atoms with Crippen LogP contribution in [0.4, 0.5) is 5.82 Å². The maximum absolute atomic E-state index is 13.2. The van der Waals surface area contributed by atoms with E-state index in [1.54, 1.807) is 23.4 Å². The number of hydrogen-bond donors (Lipinski definition) is 0. The third kappa shape index (κ3) is 5.51. The summed E-state index contributed by atoms with van der Waals surface area (Å²) in [4.78, 5) is 32.7. The standard InChI is InChI=1S/C24H33N5O2S2/c1-5-6-7-8-9-10-29-23(31)20(33-24(29)32)15-18-17(2)19(16-25)22(30)27(4)21(18)28-13-11-26(3)12-14-28/h15H,5-14H2,1-4H3. The smallest absolute Gasteiger partial charge is 0.270 e. The highest BCUT2D eigenvalue weighted by Gasteiger charge is 2.33. The first-order chi connectivity index (χ1) is 15.8. The van der Waals surface area contributed by atoms with Crippen LogP contribution in [0.25, 0.3) is 6.08 Å². The summed E-state index contributed by atoms with van der Waals surface area (Å²) in [6.45, 7) is 7.91. The molecule has 3 rings (SSSR count). The van der Waals surface area contributed by atoms with Crippen molar-refractivity contribution >= 4 is 46.1 Å². The number of thioether (sulfide) groups is 1. The molecule has 2 saturated heterocycles. The Morgan fingerprint density at radius 2 is 1.76 bits per heavy atom. The van der Waals surface area contributed by atoms with Crippen molar-refractivity contribution in [3.8, 4) is 6.07 Å². The van der Waals surface area contributed by atoms with E-state index in [1.165, 1.54) is 31.0 Å². The lowest BCUT2D eigenvalue weighted by atomic mass is 10.0. The molecule has 0 spiro atoms. The van der Waals surface area contributed by atoms with Crippen LogP contribution >= 0.6 is 24.0 Å². The van der Waals surface area contributed by atoms with Gasteiger partial charge in [0.2, 0.25) is 0 Å². The first kappa shape index (κ1) is 25.5. The molecule has 0 aromatic carbocycles. The number of nitrogens with zero attached hydrogens (tertiary/aromatic N) is 5. The largest absolute Gasteiger partial charge is 0.355 e. The van der Waals surface area contributed by atoms with E-state index in [4.69, 9.17) is 12.2 Å². The fraction of sp³-hybridized carbons (Fsp3) is 0.583. The van der Waals surface area contributed by atoms with Gasteiger partial charge >= 0.3 is 0 Å². The average molecular weight is 488 g/mol. The molecular weight excluding hydrogens is 454 g/mol. The first-order valence-electron chi connectivity index (χ1n) is 11.6. The average Bonchev–Trinajstić information content (AvgIpc) is 3.06. The number of likely N-dealkylation sites (N-methyl/N-ethyl adjacent to an activating group) is 1. The van der Waals surface area contributed by atoms with Crippen molar-refractivity contribution < 1.29 is 4.79 Å². The highest BCUT2D eigenvalue weighted by atomic mass is 32.2. The topological polar surface area (TPSA) is 72.6 Å². The molecule has 2 fully saturated rings. The van der Waals surface area contributed by atoms with Crippen molar-refractivity contribution in [1.29, 1.82) is 5.26 Å². The summed E-state index contributed by atoms with van der Waals surface area (Å²) in [7, 11) is 3.78. The van der Waals surface area contributed by atoms with Gasteiger partial charge in [-0.15, -0.1) is 0 Å². The Morgan fingerprint density at radius 1 is 1.09 bits per heavy atom. The van der Waals surface area contributed by atoms with Gasteiger partial charge in [-0.05, 0) is 32.0 Å². The number of carbonyl (C=O) groups excluding carboxylic acids is 1. The molecule has 0 bridgehead atoms. The van der Waals surface area contributed by atoms with Gasteiger partial charge in [0.05, 0.1) is 4.91 Å². The molecule has 3 heterocycles. The number of anilines is 1. The normalized spacial score (nSPS) is 18.5. The van der Waals surface area contributed by atoms with Crippen LogP contribution in [0, 0.1) is 18.3 Å². The zero-order valence-electron chi connectivity index (χ0n) is 20.0. The molecule has 1 aromatic rings. The highest BCUT2D eigenvalue weighted by molar-refractivity contribution is 8.26. The molecule has 2 aliphatic rings. The summed E-state index contributed by atoms with van der Waals surface area (Å²) in [6.07, 6.45) is 7.42. The fourth-order valence-electron chi connectivity index (χ4n) is 4.31. The van der Waals surface area contributed by atoms with Crippen molar-refractivity contribution in [2.45, 2.75) is 46.0 Å². The molecule has 178 valence electrons. The number of nitriles is 1. The quantitative estimate of drug-likeness (QED) is 0.316. The number of thiocarbonyl (C=S) groups is 1. The van der Waals surface area contributed by atoms with Gasteiger partial charge in [0.15, 0.2) is 0 Å². The Labute approximate surface area is 206 Å². The lowest BCUT2D eigenvalue weighted by Crippen LogP contribution is -2.46. The van der Waals surface area contributed by atoms with Gasteiger partial charge in [0.1, 0.15) is 21.8 Å². The van der Waals surface area contributed by atoms with Gasteiger partial charge in [-0.2, -0.15) is 5.26 Å². The molecule has 0 saturated carbocycles. The predicted octanol–water partition coefficient (Wildman–Crippen LogP) is 3.49. The van der Waals surface area contributed by atoms with Crippen molar-refractivity contribution in [3.05, 3.63) is 31.9 Å². The Bertz CT molecular complexity index is 1050. The number of hydrogen-bond acceptors (Lipinski definition) is 7. The minimum absolute atomic E-state index is 0.0865. The van der Waals surface area contributed by atoms with E-state index in [2.05, 4.69) is 29.8 Å². The third-order valence-electron chi connectivity index (χ3n) is 6.41. The van der Waals surface area contributed by atoms with Gasteiger partial charge in [-0.1, -0.05) is 56.6 Å². The molecule has 2 aliphatic heterocycles. The van der Waals surface area contributed by atoms with Crippen LogP contribution in [0.1, 0.15) is 55.7 Å². The third-order valence-corrected chi connectivity index (χ3v) is 7.78. The first-order valence-corrected chi connectivity index (χ1v) is 12.8. The van der Waals surface area contributed by atoms with Crippen molar-refractivity contribution in [2.24, 2.45) is 7.05 Å². The van der Waals surface area contributed by atoms with E-state index in [1.807, 2.05) is 6.08 Å². The number of piperazine rings is 1. The van der Waals surface area contributed by atoms with E-state index >= 15 is 0 Å².